The molecule has 1 fully saturated rings. The Bertz CT molecular complexity index is 587. The van der Waals surface area contributed by atoms with Crippen LogP contribution < -0.4 is 5.59 Å². The Labute approximate surface area is 160 Å². The number of hydrogen-bond donors (Lipinski definition) is 0. The monoisotopic (exact) mass is 383 g/mol. The second kappa shape index (κ2) is 6.74. The molecule has 3 nitrogen and oxygen atoms in total. The van der Waals surface area contributed by atoms with Crippen LogP contribution in [-0.2, 0) is 9.31 Å². The topological polar surface area (TPSA) is 23.4 Å². The summed E-state index contributed by atoms with van der Waals surface area (Å²) in [5.74, 6) is 0. The van der Waals surface area contributed by atoms with Gasteiger partial charge in [0.05, 0.1) is 16.2 Å². The SMILES string of the molecule is CC(C)[Si](C(C)C)(C(C)C)n1cc(Cl)cc1B1OC(C)(C)C(C)(C)O1. The van der Waals surface area contributed by atoms with Crippen LogP contribution in [0.1, 0.15) is 69.2 Å². The molecular formula is C19H35BClNO2Si. The van der Waals surface area contributed by atoms with Gasteiger partial charge < -0.3 is 13.5 Å². The van der Waals surface area contributed by atoms with Crippen LogP contribution in [0.2, 0.25) is 21.6 Å². The molecular weight excluding hydrogens is 349 g/mol. The Hall–Kier alpha value is -0.228. The first kappa shape index (κ1) is 21.1. The average molecular weight is 384 g/mol. The van der Waals surface area contributed by atoms with E-state index in [1.807, 2.05) is 6.07 Å². The lowest BCUT2D eigenvalue weighted by Crippen LogP contribution is -2.58. The van der Waals surface area contributed by atoms with Gasteiger partial charge in [-0.05, 0) is 50.4 Å². The zero-order chi connectivity index (χ0) is 19.4. The summed E-state index contributed by atoms with van der Waals surface area (Å²) in [5.41, 5.74) is 2.12. The summed E-state index contributed by atoms with van der Waals surface area (Å²) in [6.07, 6.45) is 2.12. The lowest BCUT2D eigenvalue weighted by atomic mass is 9.85. The van der Waals surface area contributed by atoms with Gasteiger partial charge in [-0.2, -0.15) is 0 Å². The minimum Gasteiger partial charge on any atom is -0.398 e. The largest absolute Gasteiger partial charge is 0.511 e. The normalized spacial score (nSPS) is 20.3. The smallest absolute Gasteiger partial charge is 0.398 e. The van der Waals surface area contributed by atoms with Crippen LogP contribution in [0.3, 0.4) is 0 Å². The summed E-state index contributed by atoms with van der Waals surface area (Å²) in [4.78, 5) is 0. The van der Waals surface area contributed by atoms with E-state index < -0.39 is 8.24 Å². The zero-order valence-electron chi connectivity index (χ0n) is 17.6. The van der Waals surface area contributed by atoms with Crippen molar-refractivity contribution in [3.05, 3.63) is 17.3 Å². The van der Waals surface area contributed by atoms with Gasteiger partial charge >= 0.3 is 7.12 Å². The van der Waals surface area contributed by atoms with Crippen LogP contribution in [-0.4, -0.2) is 30.8 Å². The van der Waals surface area contributed by atoms with Crippen LogP contribution in [0.5, 0.6) is 0 Å². The second-order valence-electron chi connectivity index (χ2n) is 9.39. The minimum atomic E-state index is -1.92. The van der Waals surface area contributed by atoms with Gasteiger partial charge in [-0.1, -0.05) is 53.1 Å². The average Bonchev–Trinajstić information content (AvgIpc) is 2.87. The fourth-order valence-electron chi connectivity index (χ4n) is 4.76. The van der Waals surface area contributed by atoms with Gasteiger partial charge in [0.1, 0.15) is 0 Å². The van der Waals surface area contributed by atoms with Gasteiger partial charge in [-0.15, -0.1) is 0 Å². The molecule has 0 amide bonds. The molecule has 0 aromatic carbocycles. The molecule has 6 heteroatoms. The minimum absolute atomic E-state index is 0.350. The molecule has 1 aromatic rings. The van der Waals surface area contributed by atoms with E-state index in [0.29, 0.717) is 16.6 Å². The van der Waals surface area contributed by atoms with Crippen LogP contribution in [0.15, 0.2) is 12.3 Å². The molecule has 142 valence electrons. The Balaban J connectivity index is 2.62. The predicted molar refractivity (Wildman–Crippen MR) is 112 cm³/mol. The summed E-state index contributed by atoms with van der Waals surface area (Å²) in [7, 11) is -2.29. The first-order chi connectivity index (χ1) is 11.3. The van der Waals surface area contributed by atoms with Crippen LogP contribution in [0.4, 0.5) is 0 Å². The van der Waals surface area contributed by atoms with Crippen molar-refractivity contribution >= 4 is 32.5 Å². The molecule has 1 saturated heterocycles. The van der Waals surface area contributed by atoms with E-state index in [2.05, 4.69) is 79.7 Å². The third-order valence-electron chi connectivity index (χ3n) is 6.50. The molecule has 0 N–H and O–H groups in total. The van der Waals surface area contributed by atoms with Crippen molar-refractivity contribution in [1.29, 1.82) is 0 Å². The third kappa shape index (κ3) is 3.26. The molecule has 0 atom stereocenters. The molecule has 0 spiro atoms. The van der Waals surface area contributed by atoms with Crippen LogP contribution in [0.25, 0.3) is 0 Å². The highest BCUT2D eigenvalue weighted by Crippen LogP contribution is 2.43. The van der Waals surface area contributed by atoms with E-state index in [0.717, 1.165) is 10.6 Å². The highest BCUT2D eigenvalue weighted by molar-refractivity contribution is 6.84. The first-order valence-corrected chi connectivity index (χ1v) is 12.1. The number of halogens is 1. The molecule has 0 saturated carbocycles. The Morgan fingerprint density at radius 2 is 1.32 bits per heavy atom. The van der Waals surface area contributed by atoms with E-state index in [1.165, 1.54) is 0 Å². The summed E-state index contributed by atoms with van der Waals surface area (Å²) in [5, 5.41) is 0.767. The molecule has 0 aliphatic carbocycles. The fourth-order valence-corrected chi connectivity index (χ4v) is 11.7. The number of nitrogens with zero attached hydrogens (tertiary/aromatic N) is 1. The Morgan fingerprint density at radius 1 is 0.920 bits per heavy atom. The van der Waals surface area contributed by atoms with Crippen LogP contribution in [0, 0.1) is 0 Å². The number of aromatic nitrogens is 1. The number of hydrogen-bond acceptors (Lipinski definition) is 2. The van der Waals surface area contributed by atoms with E-state index in [4.69, 9.17) is 20.9 Å². The maximum atomic E-state index is 6.50. The van der Waals surface area contributed by atoms with Crippen molar-refractivity contribution < 1.29 is 9.31 Å². The molecule has 1 aliphatic rings. The molecule has 1 aliphatic heterocycles. The van der Waals surface area contributed by atoms with Gasteiger partial charge in [0.25, 0.3) is 0 Å². The van der Waals surface area contributed by atoms with Crippen molar-refractivity contribution in [2.24, 2.45) is 0 Å². The van der Waals surface area contributed by atoms with Crippen molar-refractivity contribution in [3.63, 3.8) is 0 Å². The first-order valence-electron chi connectivity index (χ1n) is 9.51. The quantitative estimate of drug-likeness (QED) is 0.630. The maximum Gasteiger partial charge on any atom is 0.511 e. The van der Waals surface area contributed by atoms with Crippen molar-refractivity contribution in [3.8, 4) is 0 Å². The lowest BCUT2D eigenvalue weighted by molar-refractivity contribution is 0.00578. The van der Waals surface area contributed by atoms with E-state index in [9.17, 15) is 0 Å². The maximum absolute atomic E-state index is 6.50. The summed E-state index contributed by atoms with van der Waals surface area (Å²) >= 11 is 6.50. The highest BCUT2D eigenvalue weighted by Gasteiger charge is 2.55. The molecule has 0 radical (unpaired) electrons. The predicted octanol–water partition coefficient (Wildman–Crippen LogP) is 5.46. The van der Waals surface area contributed by atoms with Gasteiger partial charge in [0.2, 0.25) is 0 Å². The van der Waals surface area contributed by atoms with Crippen molar-refractivity contribution in [1.82, 2.24) is 4.23 Å². The van der Waals surface area contributed by atoms with Gasteiger partial charge in [0, 0.05) is 11.8 Å². The highest BCUT2D eigenvalue weighted by atomic mass is 35.5. The van der Waals surface area contributed by atoms with Gasteiger partial charge in [0.15, 0.2) is 8.24 Å². The summed E-state index contributed by atoms with van der Waals surface area (Å²) < 4.78 is 15.2. The molecule has 2 heterocycles. The van der Waals surface area contributed by atoms with E-state index >= 15 is 0 Å². The number of rotatable bonds is 5. The van der Waals surface area contributed by atoms with Crippen molar-refractivity contribution in [2.45, 2.75) is 97.1 Å². The fraction of sp³-hybridized carbons (Fsp3) is 0.789. The molecule has 0 unspecified atom stereocenters. The van der Waals surface area contributed by atoms with E-state index in [1.54, 1.807) is 0 Å². The van der Waals surface area contributed by atoms with Crippen LogP contribution >= 0.6 is 11.6 Å². The van der Waals surface area contributed by atoms with E-state index in [-0.39, 0.29) is 18.3 Å². The Morgan fingerprint density at radius 3 is 1.68 bits per heavy atom. The van der Waals surface area contributed by atoms with Crippen molar-refractivity contribution in [2.75, 3.05) is 0 Å². The second-order valence-corrected chi connectivity index (χ2v) is 15.5. The lowest BCUT2D eigenvalue weighted by Gasteiger charge is -2.45. The Kier molecular flexibility index (Phi) is 5.68. The summed E-state index contributed by atoms with van der Waals surface area (Å²) in [6.45, 7) is 22.5. The van der Waals surface area contributed by atoms with Gasteiger partial charge in [-0.25, -0.2) is 0 Å². The molecule has 2 rings (SSSR count). The molecule has 25 heavy (non-hydrogen) atoms. The molecule has 1 aromatic heterocycles. The van der Waals surface area contributed by atoms with Gasteiger partial charge in [-0.3, -0.25) is 0 Å². The third-order valence-corrected chi connectivity index (χ3v) is 13.5. The molecule has 0 bridgehead atoms. The zero-order valence-corrected chi connectivity index (χ0v) is 19.4. The standard InChI is InChI=1S/C19H35BClNO2Si/c1-13(2)25(14(3)4,15(5)6)22-12-16(21)11-17(22)20-23-18(7,8)19(9,10)24-20/h11-15H,1-10H3. The summed E-state index contributed by atoms with van der Waals surface area (Å²) in [6, 6.07) is 2.04.